The van der Waals surface area contributed by atoms with Crippen LogP contribution in [0.5, 0.6) is 0 Å². The summed E-state index contributed by atoms with van der Waals surface area (Å²) in [7, 11) is 0. The van der Waals surface area contributed by atoms with Crippen LogP contribution in [0, 0.1) is 0 Å². The second-order valence-electron chi connectivity index (χ2n) is 5.90. The molecule has 2 rings (SSSR count). The van der Waals surface area contributed by atoms with Crippen LogP contribution < -0.4 is 0 Å². The molecule has 0 aliphatic heterocycles. The second-order valence-corrected chi connectivity index (χ2v) is 5.90. The van der Waals surface area contributed by atoms with E-state index < -0.39 is 36.6 Å². The van der Waals surface area contributed by atoms with Gasteiger partial charge >= 0.3 is 24.0 Å². The van der Waals surface area contributed by atoms with E-state index in [-0.39, 0.29) is 13.2 Å². The fraction of sp³-hybridized carbons (Fsp3) is 0.200. The predicted octanol–water partition coefficient (Wildman–Crippen LogP) is 1.91. The highest BCUT2D eigenvalue weighted by Crippen LogP contribution is 2.11. The molecule has 9 heteroatoms. The summed E-state index contributed by atoms with van der Waals surface area (Å²) in [6, 6.07) is 14.8. The Morgan fingerprint density at radius 3 is 1.72 bits per heavy atom. The Morgan fingerprint density at radius 1 is 0.793 bits per heavy atom. The first-order valence-electron chi connectivity index (χ1n) is 8.51. The smallest absolute Gasteiger partial charge is 0.411 e. The minimum Gasteiger partial charge on any atom is -0.480 e. The number of hydrogen-bond acceptors (Lipinski definition) is 6. The predicted molar refractivity (Wildman–Crippen MR) is 98.6 cm³/mol. The van der Waals surface area contributed by atoms with Gasteiger partial charge in [-0.2, -0.15) is 0 Å². The minimum atomic E-state index is -2.17. The summed E-state index contributed by atoms with van der Waals surface area (Å²) in [5.41, 5.74) is 1.20. The number of aliphatic carboxylic acids is 2. The monoisotopic (exact) mass is 401 g/mol. The zero-order valence-electron chi connectivity index (χ0n) is 15.3. The van der Waals surface area contributed by atoms with Crippen molar-refractivity contribution < 1.29 is 38.9 Å². The number of carbonyl (C=O) groups is 4. The molecule has 0 heterocycles. The molecule has 1 unspecified atom stereocenters. The Kier molecular flexibility index (Phi) is 7.72. The van der Waals surface area contributed by atoms with Crippen molar-refractivity contribution in [2.45, 2.75) is 19.3 Å². The summed E-state index contributed by atoms with van der Waals surface area (Å²) >= 11 is 0. The van der Waals surface area contributed by atoms with Gasteiger partial charge in [0.15, 0.2) is 0 Å². The molecule has 0 saturated carbocycles. The van der Waals surface area contributed by atoms with Crippen LogP contribution in [0.1, 0.15) is 11.1 Å². The topological polar surface area (TPSA) is 130 Å². The van der Waals surface area contributed by atoms with Gasteiger partial charge < -0.3 is 19.7 Å². The molecule has 0 saturated heterocycles. The Balaban J connectivity index is 2.11. The van der Waals surface area contributed by atoms with Gasteiger partial charge in [-0.3, -0.25) is 9.69 Å². The Labute approximate surface area is 166 Å². The molecule has 0 spiro atoms. The molecular formula is C20H19NO8. The lowest BCUT2D eigenvalue weighted by atomic mass is 10.2. The van der Waals surface area contributed by atoms with Crippen LogP contribution in [0.2, 0.25) is 0 Å². The number of rotatable bonds is 9. The van der Waals surface area contributed by atoms with Gasteiger partial charge in [0.25, 0.3) is 0 Å². The molecule has 9 nitrogen and oxygen atoms in total. The first kappa shape index (κ1) is 21.4. The van der Waals surface area contributed by atoms with Crippen LogP contribution in [0.25, 0.3) is 0 Å². The zero-order valence-corrected chi connectivity index (χ0v) is 15.3. The molecule has 0 aliphatic carbocycles. The third-order valence-electron chi connectivity index (χ3n) is 3.74. The van der Waals surface area contributed by atoms with Crippen LogP contribution >= 0.6 is 0 Å². The molecule has 1 amide bonds. The van der Waals surface area contributed by atoms with E-state index >= 15 is 0 Å². The fourth-order valence-electron chi connectivity index (χ4n) is 2.38. The summed E-state index contributed by atoms with van der Waals surface area (Å²) < 4.78 is 9.95. The molecule has 0 aromatic heterocycles. The Morgan fingerprint density at radius 2 is 1.28 bits per heavy atom. The Bertz CT molecular complexity index is 853. The van der Waals surface area contributed by atoms with E-state index in [0.29, 0.717) is 16.0 Å². The van der Waals surface area contributed by atoms with Crippen molar-refractivity contribution in [3.8, 4) is 0 Å². The van der Waals surface area contributed by atoms with E-state index in [0.717, 1.165) is 0 Å². The highest BCUT2D eigenvalue weighted by Gasteiger charge is 2.39. The van der Waals surface area contributed by atoms with E-state index in [1.54, 1.807) is 60.7 Å². The number of benzene rings is 2. The molecule has 2 aromatic rings. The molecule has 2 N–H and O–H groups in total. The van der Waals surface area contributed by atoms with Crippen LogP contribution in [0.15, 0.2) is 60.7 Å². The van der Waals surface area contributed by atoms with E-state index in [1.807, 2.05) is 0 Å². The molecule has 0 bridgehead atoms. The number of hydrogen-bond donors (Lipinski definition) is 2. The number of carboxylic acid groups (broad SMARTS) is 2. The van der Waals surface area contributed by atoms with Gasteiger partial charge in [-0.15, -0.1) is 0 Å². The minimum absolute atomic E-state index is 0.221. The van der Waals surface area contributed by atoms with Crippen molar-refractivity contribution in [3.05, 3.63) is 71.8 Å². The molecule has 0 fully saturated rings. The average molecular weight is 401 g/mol. The SMILES string of the molecule is O=C(O)CN(C(=O)OCc1ccccc1)C(C(=O)O)C(=O)OCc1ccccc1. The van der Waals surface area contributed by atoms with E-state index in [1.165, 1.54) is 0 Å². The highest BCUT2D eigenvalue weighted by atomic mass is 16.6. The van der Waals surface area contributed by atoms with E-state index in [2.05, 4.69) is 0 Å². The van der Waals surface area contributed by atoms with Crippen molar-refractivity contribution >= 4 is 24.0 Å². The lowest BCUT2D eigenvalue weighted by Gasteiger charge is -2.25. The van der Waals surface area contributed by atoms with Crippen LogP contribution in [-0.4, -0.2) is 51.7 Å². The Hall–Kier alpha value is -3.88. The summed E-state index contributed by atoms with van der Waals surface area (Å²) in [6.45, 7) is -1.50. The van der Waals surface area contributed by atoms with Crippen molar-refractivity contribution in [1.82, 2.24) is 4.90 Å². The molecule has 0 aliphatic rings. The van der Waals surface area contributed by atoms with Crippen molar-refractivity contribution in [1.29, 1.82) is 0 Å². The fourth-order valence-corrected chi connectivity index (χ4v) is 2.38. The van der Waals surface area contributed by atoms with Crippen LogP contribution in [0.4, 0.5) is 4.79 Å². The van der Waals surface area contributed by atoms with Gasteiger partial charge in [-0.25, -0.2) is 14.4 Å². The number of carbonyl (C=O) groups excluding carboxylic acids is 2. The molecule has 2 aromatic carbocycles. The lowest BCUT2D eigenvalue weighted by molar-refractivity contribution is -0.161. The standard InChI is InChI=1S/C20H19NO8/c22-16(23)11-21(20(27)29-13-15-9-5-2-6-10-15)17(18(24)25)19(26)28-12-14-7-3-1-4-8-14/h1-10,17H,11-13H2,(H,22,23)(H,24,25). The van der Waals surface area contributed by atoms with Gasteiger partial charge in [-0.05, 0) is 11.1 Å². The van der Waals surface area contributed by atoms with Crippen molar-refractivity contribution in [2.75, 3.05) is 6.54 Å². The number of ether oxygens (including phenoxy) is 2. The molecule has 0 radical (unpaired) electrons. The maximum Gasteiger partial charge on any atom is 0.411 e. The van der Waals surface area contributed by atoms with Crippen molar-refractivity contribution in [3.63, 3.8) is 0 Å². The maximum absolute atomic E-state index is 12.3. The molecule has 1 atom stereocenters. The second kappa shape index (κ2) is 10.5. The van der Waals surface area contributed by atoms with Crippen LogP contribution in [0.3, 0.4) is 0 Å². The molecule has 152 valence electrons. The van der Waals surface area contributed by atoms with Gasteiger partial charge in [-0.1, -0.05) is 60.7 Å². The van der Waals surface area contributed by atoms with Crippen LogP contribution in [-0.2, 0) is 37.1 Å². The van der Waals surface area contributed by atoms with E-state index in [4.69, 9.17) is 14.6 Å². The summed E-state index contributed by atoms with van der Waals surface area (Å²) in [4.78, 5) is 47.7. The number of esters is 1. The van der Waals surface area contributed by atoms with Crippen molar-refractivity contribution in [2.24, 2.45) is 0 Å². The summed E-state index contributed by atoms with van der Waals surface area (Å²) in [6.07, 6.45) is -1.26. The number of amides is 1. The van der Waals surface area contributed by atoms with Gasteiger partial charge in [0.05, 0.1) is 0 Å². The number of nitrogens with zero attached hydrogens (tertiary/aromatic N) is 1. The van der Waals surface area contributed by atoms with E-state index in [9.17, 15) is 24.3 Å². The lowest BCUT2D eigenvalue weighted by Crippen LogP contribution is -2.52. The normalized spacial score (nSPS) is 11.2. The third kappa shape index (κ3) is 6.65. The maximum atomic E-state index is 12.3. The average Bonchev–Trinajstić information content (AvgIpc) is 2.71. The third-order valence-corrected chi connectivity index (χ3v) is 3.74. The largest absolute Gasteiger partial charge is 0.480 e. The first-order chi connectivity index (χ1) is 13.9. The molecule has 29 heavy (non-hydrogen) atoms. The van der Waals surface area contributed by atoms with Gasteiger partial charge in [0.2, 0.25) is 6.04 Å². The highest BCUT2D eigenvalue weighted by molar-refractivity contribution is 6.01. The molecular weight excluding hydrogens is 382 g/mol. The first-order valence-corrected chi connectivity index (χ1v) is 8.51. The summed E-state index contributed by atoms with van der Waals surface area (Å²) in [5, 5.41) is 18.5. The number of carboxylic acids is 2. The summed E-state index contributed by atoms with van der Waals surface area (Å²) in [5.74, 6) is -4.52. The van der Waals surface area contributed by atoms with Gasteiger partial charge in [0, 0.05) is 0 Å². The van der Waals surface area contributed by atoms with Gasteiger partial charge in [0.1, 0.15) is 19.8 Å². The zero-order chi connectivity index (χ0) is 21.2. The quantitative estimate of drug-likeness (QED) is 0.481.